The Balaban J connectivity index is 1.63. The smallest absolute Gasteiger partial charge is 0.270 e. The maximum atomic E-state index is 13.1. The predicted octanol–water partition coefficient (Wildman–Crippen LogP) is 2.91. The fraction of sp³-hybridized carbons (Fsp3) is 0.250. The number of carbonyl (C=O) groups excluding carboxylic acids is 2. The third-order valence-electron chi connectivity index (χ3n) is 4.74. The van der Waals surface area contributed by atoms with Crippen molar-refractivity contribution in [3.05, 3.63) is 52.3 Å². The van der Waals surface area contributed by atoms with E-state index in [1.165, 1.54) is 11.0 Å². The lowest BCUT2D eigenvalue weighted by molar-refractivity contribution is -0.122. The summed E-state index contributed by atoms with van der Waals surface area (Å²) in [7, 11) is 0. The molecule has 0 spiro atoms. The van der Waals surface area contributed by atoms with Crippen LogP contribution < -0.4 is 15.1 Å². The molecular formula is C20H18ClN3O4S. The fourth-order valence-corrected chi connectivity index (χ4v) is 3.58. The Morgan fingerprint density at radius 3 is 2.66 bits per heavy atom. The molecule has 150 valence electrons. The van der Waals surface area contributed by atoms with Crippen LogP contribution in [0.1, 0.15) is 11.3 Å². The number of thiocarbonyl (C=S) groups is 1. The van der Waals surface area contributed by atoms with E-state index in [-0.39, 0.29) is 10.7 Å². The summed E-state index contributed by atoms with van der Waals surface area (Å²) in [5, 5.41) is 3.06. The van der Waals surface area contributed by atoms with Gasteiger partial charge < -0.3 is 14.1 Å². The molecule has 2 saturated heterocycles. The first-order valence-corrected chi connectivity index (χ1v) is 9.83. The van der Waals surface area contributed by atoms with E-state index in [9.17, 15) is 9.59 Å². The standard InChI is InChI=1S/C20H18ClN3O4S/c1-12-2-3-13(10-16(12)21)24-19(26)15(18(25)22-20(24)29)11-14-4-5-17(28-14)23-6-8-27-9-7-23/h2-5,10-11H,6-9H2,1H3,(H,22,25,29)/b15-11-. The monoisotopic (exact) mass is 431 g/mol. The van der Waals surface area contributed by atoms with E-state index in [2.05, 4.69) is 5.32 Å². The Kier molecular flexibility index (Phi) is 5.40. The van der Waals surface area contributed by atoms with Gasteiger partial charge in [0.2, 0.25) is 0 Å². The predicted molar refractivity (Wildman–Crippen MR) is 114 cm³/mol. The first-order chi connectivity index (χ1) is 13.9. The molecule has 0 unspecified atom stereocenters. The molecule has 0 atom stereocenters. The molecular weight excluding hydrogens is 414 g/mol. The quantitative estimate of drug-likeness (QED) is 0.457. The average Bonchev–Trinajstić information content (AvgIpc) is 3.17. The molecule has 7 nitrogen and oxygen atoms in total. The highest BCUT2D eigenvalue weighted by molar-refractivity contribution is 7.80. The molecule has 2 fully saturated rings. The normalized spacial score (nSPS) is 19.1. The molecule has 0 bridgehead atoms. The minimum atomic E-state index is -0.571. The van der Waals surface area contributed by atoms with Crippen molar-refractivity contribution < 1.29 is 18.7 Å². The second-order valence-electron chi connectivity index (χ2n) is 6.67. The summed E-state index contributed by atoms with van der Waals surface area (Å²) < 4.78 is 11.2. The van der Waals surface area contributed by atoms with Gasteiger partial charge in [0.1, 0.15) is 11.3 Å². The van der Waals surface area contributed by atoms with Crippen molar-refractivity contribution in [3.8, 4) is 0 Å². The van der Waals surface area contributed by atoms with Crippen molar-refractivity contribution in [1.82, 2.24) is 5.32 Å². The summed E-state index contributed by atoms with van der Waals surface area (Å²) in [5.74, 6) is -0.0389. The lowest BCUT2D eigenvalue weighted by Crippen LogP contribution is -2.54. The third kappa shape index (κ3) is 3.91. The summed E-state index contributed by atoms with van der Waals surface area (Å²) in [6.45, 7) is 4.56. The summed E-state index contributed by atoms with van der Waals surface area (Å²) in [4.78, 5) is 28.8. The molecule has 4 rings (SSSR count). The number of benzene rings is 1. The van der Waals surface area contributed by atoms with Crippen molar-refractivity contribution >= 4 is 58.4 Å². The summed E-state index contributed by atoms with van der Waals surface area (Å²) in [6.07, 6.45) is 1.42. The zero-order chi connectivity index (χ0) is 20.5. The largest absolute Gasteiger partial charge is 0.441 e. The number of hydrogen-bond donors (Lipinski definition) is 1. The number of carbonyl (C=O) groups is 2. The van der Waals surface area contributed by atoms with E-state index < -0.39 is 11.8 Å². The molecule has 2 aliphatic rings. The number of hydrogen-bond acceptors (Lipinski definition) is 6. The van der Waals surface area contributed by atoms with Gasteiger partial charge in [-0.2, -0.15) is 0 Å². The Bertz CT molecular complexity index is 1030. The summed E-state index contributed by atoms with van der Waals surface area (Å²) in [5.41, 5.74) is 1.28. The molecule has 1 N–H and O–H groups in total. The van der Waals surface area contributed by atoms with Gasteiger partial charge in [0.15, 0.2) is 11.0 Å². The molecule has 1 aromatic heterocycles. The van der Waals surface area contributed by atoms with Crippen molar-refractivity contribution in [1.29, 1.82) is 0 Å². The van der Waals surface area contributed by atoms with Gasteiger partial charge in [-0.3, -0.25) is 19.8 Å². The molecule has 0 aliphatic carbocycles. The molecule has 9 heteroatoms. The Labute approximate surface area is 177 Å². The van der Waals surface area contributed by atoms with E-state index in [1.54, 1.807) is 24.3 Å². The molecule has 2 amide bonds. The zero-order valence-electron chi connectivity index (χ0n) is 15.6. The number of halogens is 1. The van der Waals surface area contributed by atoms with Crippen LogP contribution in [-0.4, -0.2) is 43.2 Å². The van der Waals surface area contributed by atoms with Gasteiger partial charge in [-0.05, 0) is 49.0 Å². The number of nitrogens with one attached hydrogen (secondary N) is 1. The van der Waals surface area contributed by atoms with Crippen LogP contribution in [0.4, 0.5) is 11.6 Å². The molecule has 2 aromatic rings. The second-order valence-corrected chi connectivity index (χ2v) is 7.46. The topological polar surface area (TPSA) is 75.0 Å². The Morgan fingerprint density at radius 2 is 1.93 bits per heavy atom. The van der Waals surface area contributed by atoms with E-state index in [4.69, 9.17) is 33.0 Å². The number of aryl methyl sites for hydroxylation is 1. The maximum absolute atomic E-state index is 13.1. The van der Waals surface area contributed by atoms with Gasteiger partial charge in [-0.25, -0.2) is 0 Å². The van der Waals surface area contributed by atoms with Gasteiger partial charge in [0, 0.05) is 24.2 Å². The van der Waals surface area contributed by atoms with Crippen LogP contribution >= 0.6 is 23.8 Å². The lowest BCUT2D eigenvalue weighted by Gasteiger charge is -2.29. The van der Waals surface area contributed by atoms with Gasteiger partial charge in [0.05, 0.1) is 18.9 Å². The molecule has 1 aromatic carbocycles. The van der Waals surface area contributed by atoms with Crippen LogP contribution in [0.25, 0.3) is 6.08 Å². The summed E-state index contributed by atoms with van der Waals surface area (Å²) in [6, 6.07) is 8.68. The van der Waals surface area contributed by atoms with Crippen LogP contribution in [0.5, 0.6) is 0 Å². The third-order valence-corrected chi connectivity index (χ3v) is 5.43. The number of furan rings is 1. The molecule has 2 aliphatic heterocycles. The van der Waals surface area contributed by atoms with Gasteiger partial charge in [0.25, 0.3) is 11.8 Å². The van der Waals surface area contributed by atoms with Crippen molar-refractivity contribution in [3.63, 3.8) is 0 Å². The Hall–Kier alpha value is -2.68. The molecule has 3 heterocycles. The van der Waals surface area contributed by atoms with Crippen LogP contribution in [0.2, 0.25) is 5.02 Å². The SMILES string of the molecule is Cc1ccc(N2C(=O)/C(=C\c3ccc(N4CCOCC4)o3)C(=O)NC2=S)cc1Cl. The number of amides is 2. The highest BCUT2D eigenvalue weighted by Gasteiger charge is 2.35. The minimum Gasteiger partial charge on any atom is -0.441 e. The average molecular weight is 432 g/mol. The number of rotatable bonds is 3. The van der Waals surface area contributed by atoms with Crippen LogP contribution in [0.15, 0.2) is 40.3 Å². The number of nitrogens with zero attached hydrogens (tertiary/aromatic N) is 2. The second kappa shape index (κ2) is 7.98. The van der Waals surface area contributed by atoms with Crippen molar-refractivity contribution in [2.24, 2.45) is 0 Å². The lowest BCUT2D eigenvalue weighted by atomic mass is 10.1. The maximum Gasteiger partial charge on any atom is 0.270 e. The van der Waals surface area contributed by atoms with E-state index in [1.807, 2.05) is 17.9 Å². The first-order valence-electron chi connectivity index (χ1n) is 9.04. The fourth-order valence-electron chi connectivity index (χ4n) is 3.13. The molecule has 29 heavy (non-hydrogen) atoms. The van der Waals surface area contributed by atoms with Gasteiger partial charge in [-0.1, -0.05) is 17.7 Å². The van der Waals surface area contributed by atoms with E-state index in [0.29, 0.717) is 35.6 Å². The number of anilines is 2. The highest BCUT2D eigenvalue weighted by Crippen LogP contribution is 2.27. The zero-order valence-corrected chi connectivity index (χ0v) is 17.2. The van der Waals surface area contributed by atoms with Crippen molar-refractivity contribution in [2.75, 3.05) is 36.1 Å². The number of morpholine rings is 1. The number of ether oxygens (including phenoxy) is 1. The highest BCUT2D eigenvalue weighted by atomic mass is 35.5. The van der Waals surface area contributed by atoms with E-state index in [0.717, 1.165) is 18.7 Å². The molecule has 0 radical (unpaired) electrons. The van der Waals surface area contributed by atoms with Crippen LogP contribution in [-0.2, 0) is 14.3 Å². The van der Waals surface area contributed by atoms with Crippen LogP contribution in [0, 0.1) is 6.92 Å². The first kappa shape index (κ1) is 19.6. The summed E-state index contributed by atoms with van der Waals surface area (Å²) >= 11 is 11.4. The van der Waals surface area contributed by atoms with E-state index >= 15 is 0 Å². The van der Waals surface area contributed by atoms with Gasteiger partial charge >= 0.3 is 0 Å². The van der Waals surface area contributed by atoms with Crippen molar-refractivity contribution in [2.45, 2.75) is 6.92 Å². The van der Waals surface area contributed by atoms with Gasteiger partial charge in [-0.15, -0.1) is 0 Å². The molecule has 0 saturated carbocycles. The minimum absolute atomic E-state index is 0.00511. The van der Waals surface area contributed by atoms with Crippen LogP contribution in [0.3, 0.4) is 0 Å². The Morgan fingerprint density at radius 1 is 1.17 bits per heavy atom.